The number of nitrogens with zero attached hydrogens (tertiary/aromatic N) is 4. The molecule has 4 aromatic heterocycles. The highest BCUT2D eigenvalue weighted by atomic mass is 15.1. The van der Waals surface area contributed by atoms with Gasteiger partial charge in [-0.1, -0.05) is 18.7 Å². The lowest BCUT2D eigenvalue weighted by molar-refractivity contribution is 1.10. The maximum Gasteiger partial charge on any atom is 0.159 e. The van der Waals surface area contributed by atoms with E-state index in [0.717, 1.165) is 45.1 Å². The predicted molar refractivity (Wildman–Crippen MR) is 98.7 cm³/mol. The zero-order valence-electron chi connectivity index (χ0n) is 13.7. The van der Waals surface area contributed by atoms with Crippen LogP contribution in [0.5, 0.6) is 0 Å². The third kappa shape index (κ3) is 2.74. The largest absolute Gasteiger partial charge is 0.340 e. The van der Waals surface area contributed by atoms with Gasteiger partial charge in [0.15, 0.2) is 5.82 Å². The molecule has 0 radical (unpaired) electrons. The number of aromatic nitrogens is 6. The van der Waals surface area contributed by atoms with Crippen molar-refractivity contribution in [3.05, 3.63) is 66.9 Å². The summed E-state index contributed by atoms with van der Waals surface area (Å²) in [7, 11) is 0. The van der Waals surface area contributed by atoms with Crippen LogP contribution in [0.4, 0.5) is 0 Å². The number of pyridine rings is 2. The van der Waals surface area contributed by atoms with Crippen LogP contribution in [0, 0.1) is 6.92 Å². The number of hydrogen-bond donors (Lipinski definition) is 2. The van der Waals surface area contributed by atoms with Crippen LogP contribution in [-0.4, -0.2) is 30.1 Å². The SMILES string of the molecule is C=C/C=C\c1nc(-c2n[nH]c3cnc(-c4ccncc4)cc23)[nH]c1C. The number of aryl methyl sites for hydroxylation is 1. The van der Waals surface area contributed by atoms with Gasteiger partial charge in [-0.25, -0.2) is 4.98 Å². The molecule has 0 spiro atoms. The molecule has 4 rings (SSSR count). The summed E-state index contributed by atoms with van der Waals surface area (Å²) >= 11 is 0. The average Bonchev–Trinajstić information content (AvgIpc) is 3.23. The number of nitrogens with one attached hydrogen (secondary N) is 2. The maximum absolute atomic E-state index is 4.64. The fraction of sp³-hybridized carbons (Fsp3) is 0.0526. The molecule has 0 amide bonds. The number of rotatable bonds is 4. The first-order valence-electron chi connectivity index (χ1n) is 7.87. The Kier molecular flexibility index (Phi) is 3.70. The summed E-state index contributed by atoms with van der Waals surface area (Å²) in [5, 5.41) is 8.41. The van der Waals surface area contributed by atoms with Crippen LogP contribution < -0.4 is 0 Å². The van der Waals surface area contributed by atoms with Crippen molar-refractivity contribution in [3.63, 3.8) is 0 Å². The summed E-state index contributed by atoms with van der Waals surface area (Å²) in [6.45, 7) is 5.67. The van der Waals surface area contributed by atoms with Crippen LogP contribution in [0.15, 0.2) is 55.5 Å². The summed E-state index contributed by atoms with van der Waals surface area (Å²) < 4.78 is 0. The molecule has 0 unspecified atom stereocenters. The Bertz CT molecular complexity index is 1070. The first-order valence-corrected chi connectivity index (χ1v) is 7.87. The van der Waals surface area contributed by atoms with E-state index in [4.69, 9.17) is 0 Å². The molecule has 0 aromatic carbocycles. The van der Waals surface area contributed by atoms with Gasteiger partial charge in [-0.2, -0.15) is 5.10 Å². The van der Waals surface area contributed by atoms with Crippen molar-refractivity contribution < 1.29 is 0 Å². The quantitative estimate of drug-likeness (QED) is 0.556. The minimum Gasteiger partial charge on any atom is -0.340 e. The highest BCUT2D eigenvalue weighted by Crippen LogP contribution is 2.28. The van der Waals surface area contributed by atoms with E-state index in [1.807, 2.05) is 37.3 Å². The van der Waals surface area contributed by atoms with Gasteiger partial charge in [0.25, 0.3) is 0 Å². The molecule has 4 aromatic rings. The molecule has 0 bridgehead atoms. The highest BCUT2D eigenvalue weighted by Gasteiger charge is 2.14. The first-order chi connectivity index (χ1) is 12.3. The summed E-state index contributed by atoms with van der Waals surface area (Å²) in [6.07, 6.45) is 10.8. The molecule has 122 valence electrons. The van der Waals surface area contributed by atoms with Crippen LogP contribution in [0.2, 0.25) is 0 Å². The van der Waals surface area contributed by atoms with E-state index < -0.39 is 0 Å². The Hall–Kier alpha value is -3.54. The standard InChI is InChI=1S/C19H16N6/c1-3-4-5-15-12(2)22-19(23-15)18-14-10-16(13-6-8-20-9-7-13)21-11-17(14)24-25-18/h3-11H,1H2,2H3,(H,22,23)(H,24,25)/b5-4-. The fourth-order valence-corrected chi connectivity index (χ4v) is 2.69. The van der Waals surface area contributed by atoms with Crippen LogP contribution in [0.1, 0.15) is 11.4 Å². The summed E-state index contributed by atoms with van der Waals surface area (Å²) in [6, 6.07) is 5.88. The topological polar surface area (TPSA) is 83.1 Å². The number of allylic oxidation sites excluding steroid dienone is 2. The van der Waals surface area contributed by atoms with Gasteiger partial charge in [0, 0.05) is 29.0 Å². The molecule has 6 nitrogen and oxygen atoms in total. The Balaban J connectivity index is 1.83. The minimum atomic E-state index is 0.722. The normalized spacial score (nSPS) is 11.4. The minimum absolute atomic E-state index is 0.722. The van der Waals surface area contributed by atoms with Crippen LogP contribution in [0.3, 0.4) is 0 Å². The Morgan fingerprint density at radius 1 is 1.20 bits per heavy atom. The monoisotopic (exact) mass is 328 g/mol. The molecule has 25 heavy (non-hydrogen) atoms. The third-order valence-corrected chi connectivity index (χ3v) is 3.96. The van der Waals surface area contributed by atoms with Gasteiger partial charge in [0.05, 0.1) is 23.1 Å². The highest BCUT2D eigenvalue weighted by molar-refractivity contribution is 5.93. The van der Waals surface area contributed by atoms with Gasteiger partial charge < -0.3 is 4.98 Å². The van der Waals surface area contributed by atoms with Crippen molar-refractivity contribution in [2.45, 2.75) is 6.92 Å². The lowest BCUT2D eigenvalue weighted by Crippen LogP contribution is -1.85. The first kappa shape index (κ1) is 15.0. The molecule has 0 atom stereocenters. The molecular formula is C19H16N6. The number of H-pyrrole nitrogens is 2. The lowest BCUT2D eigenvalue weighted by Gasteiger charge is -2.00. The molecule has 0 saturated carbocycles. The van der Waals surface area contributed by atoms with E-state index in [2.05, 4.69) is 36.7 Å². The Morgan fingerprint density at radius 3 is 2.84 bits per heavy atom. The number of imidazole rings is 1. The molecule has 0 aliphatic rings. The zero-order chi connectivity index (χ0) is 17.2. The van der Waals surface area contributed by atoms with E-state index in [0.29, 0.717) is 0 Å². The average molecular weight is 328 g/mol. The van der Waals surface area contributed by atoms with E-state index in [1.54, 1.807) is 24.7 Å². The van der Waals surface area contributed by atoms with Gasteiger partial charge >= 0.3 is 0 Å². The molecule has 0 aliphatic carbocycles. The van der Waals surface area contributed by atoms with Crippen LogP contribution >= 0.6 is 0 Å². The van der Waals surface area contributed by atoms with Gasteiger partial charge in [0.1, 0.15) is 5.69 Å². The van der Waals surface area contributed by atoms with Crippen molar-refractivity contribution >= 4 is 17.0 Å². The van der Waals surface area contributed by atoms with E-state index >= 15 is 0 Å². The molecule has 6 heteroatoms. The van der Waals surface area contributed by atoms with Gasteiger partial charge in [-0.3, -0.25) is 15.1 Å². The maximum atomic E-state index is 4.64. The molecule has 2 N–H and O–H groups in total. The van der Waals surface area contributed by atoms with Gasteiger partial charge in [-0.15, -0.1) is 0 Å². The molecule has 0 saturated heterocycles. The van der Waals surface area contributed by atoms with Crippen LogP contribution in [0.25, 0.3) is 39.8 Å². The fourth-order valence-electron chi connectivity index (χ4n) is 2.69. The summed E-state index contributed by atoms with van der Waals surface area (Å²) in [5.74, 6) is 0.722. The number of aromatic amines is 2. The van der Waals surface area contributed by atoms with E-state index in [-0.39, 0.29) is 0 Å². The second kappa shape index (κ2) is 6.16. The Morgan fingerprint density at radius 2 is 2.04 bits per heavy atom. The van der Waals surface area contributed by atoms with Gasteiger partial charge in [-0.05, 0) is 31.2 Å². The van der Waals surface area contributed by atoms with Crippen molar-refractivity contribution in [3.8, 4) is 22.8 Å². The molecule has 0 aliphatic heterocycles. The predicted octanol–water partition coefficient (Wildman–Crippen LogP) is 3.92. The Labute approximate surface area is 144 Å². The van der Waals surface area contributed by atoms with Crippen molar-refractivity contribution in [1.82, 2.24) is 30.1 Å². The summed E-state index contributed by atoms with van der Waals surface area (Å²) in [5.41, 5.74) is 5.36. The van der Waals surface area contributed by atoms with E-state index in [1.165, 1.54) is 0 Å². The molecule has 4 heterocycles. The zero-order valence-corrected chi connectivity index (χ0v) is 13.7. The molecule has 0 fully saturated rings. The number of fused-ring (bicyclic) bond motifs is 1. The third-order valence-electron chi connectivity index (χ3n) is 3.96. The van der Waals surface area contributed by atoms with Crippen molar-refractivity contribution in [2.24, 2.45) is 0 Å². The van der Waals surface area contributed by atoms with Gasteiger partial charge in [0.2, 0.25) is 0 Å². The molecular weight excluding hydrogens is 312 g/mol. The van der Waals surface area contributed by atoms with Crippen molar-refractivity contribution in [2.75, 3.05) is 0 Å². The summed E-state index contributed by atoms with van der Waals surface area (Å²) in [4.78, 5) is 16.5. The lowest BCUT2D eigenvalue weighted by atomic mass is 10.1. The van der Waals surface area contributed by atoms with Crippen LogP contribution in [-0.2, 0) is 0 Å². The second-order valence-electron chi connectivity index (χ2n) is 5.61. The smallest absolute Gasteiger partial charge is 0.159 e. The number of hydrogen-bond acceptors (Lipinski definition) is 4. The second-order valence-corrected chi connectivity index (χ2v) is 5.61. The van der Waals surface area contributed by atoms with Crippen molar-refractivity contribution in [1.29, 1.82) is 0 Å². The van der Waals surface area contributed by atoms with E-state index in [9.17, 15) is 0 Å².